The van der Waals surface area contributed by atoms with E-state index >= 15 is 0 Å². The average molecular weight is 1390 g/mol. The van der Waals surface area contributed by atoms with Crippen LogP contribution >= 0.6 is 0 Å². The Morgan fingerprint density at radius 3 is 1.35 bits per heavy atom. The van der Waals surface area contributed by atoms with E-state index in [-0.39, 0.29) is 57.5 Å². The largest absolute Gasteiger partial charge is 0.481 e. The Bertz CT molecular complexity index is 3530. The van der Waals surface area contributed by atoms with Crippen LogP contribution in [-0.2, 0) is 86.4 Å². The smallest absolute Gasteiger partial charge is 0.326 e. The highest BCUT2D eigenvalue weighted by molar-refractivity contribution is 5.97. The van der Waals surface area contributed by atoms with Crippen LogP contribution in [0.1, 0.15) is 121 Å². The minimum absolute atomic E-state index is 0.0261. The summed E-state index contributed by atoms with van der Waals surface area (Å²) in [5.41, 5.74) is 2.11. The van der Waals surface area contributed by atoms with Gasteiger partial charge in [-0.3, -0.25) is 57.5 Å². The van der Waals surface area contributed by atoms with Crippen molar-refractivity contribution in [3.8, 4) is 0 Å². The molecule has 1 aliphatic carbocycles. The van der Waals surface area contributed by atoms with E-state index in [0.717, 1.165) is 21.9 Å². The van der Waals surface area contributed by atoms with Crippen molar-refractivity contribution in [2.45, 2.75) is 178 Å². The molecule has 4 aromatic rings. The lowest BCUT2D eigenvalue weighted by Gasteiger charge is -2.30. The molecule has 31 nitrogen and oxygen atoms in total. The van der Waals surface area contributed by atoms with Crippen molar-refractivity contribution in [3.63, 3.8) is 0 Å². The number of urea groups is 1. The Balaban J connectivity index is 1.15. The fourth-order valence-electron chi connectivity index (χ4n) is 11.1. The SMILES string of the molecule is CC(=O)N[C@@H](Cc1ccccc1)C(=O)N[C@@H](Cc1ccccc1)C(=O)N[C@@H](C)C(=O)N[C@@H](C)C(=O)N[C@@H](CCC(=O)O)C(=O)N[C@@H](CCC(=O)O)C(=O)NCC1CCC(C(=O)N[C@@H](Cc2ccc3ccccc3c2)C(=O)NCCCC[C@H](NC(=O)N[C@@H](CCC(=O)O)C(=O)O)C(=O)O)CC1. The highest BCUT2D eigenvalue weighted by Crippen LogP contribution is 2.29. The fourth-order valence-corrected chi connectivity index (χ4v) is 11.1. The van der Waals surface area contributed by atoms with Gasteiger partial charge in [0.2, 0.25) is 53.2 Å². The highest BCUT2D eigenvalue weighted by atomic mass is 16.4. The third kappa shape index (κ3) is 28.2. The molecule has 1 fully saturated rings. The Morgan fingerprint density at radius 1 is 0.390 bits per heavy atom. The number of benzene rings is 4. The molecule has 0 saturated heterocycles. The molecule has 31 heteroatoms. The maximum absolute atomic E-state index is 14.0. The average Bonchev–Trinajstić information content (AvgIpc) is 0.845. The van der Waals surface area contributed by atoms with Gasteiger partial charge in [-0.25, -0.2) is 14.4 Å². The van der Waals surface area contributed by atoms with Crippen LogP contribution < -0.4 is 58.5 Å². The van der Waals surface area contributed by atoms with Crippen molar-refractivity contribution < 1.29 is 97.5 Å². The summed E-state index contributed by atoms with van der Waals surface area (Å²) in [5, 5.41) is 76.8. The summed E-state index contributed by atoms with van der Waals surface area (Å²) in [6.45, 7) is 3.87. The van der Waals surface area contributed by atoms with Crippen LogP contribution in [0.15, 0.2) is 103 Å². The zero-order chi connectivity index (χ0) is 73.4. The predicted molar refractivity (Wildman–Crippen MR) is 359 cm³/mol. The molecule has 0 bridgehead atoms. The molecule has 0 spiro atoms. The number of amides is 11. The van der Waals surface area contributed by atoms with Crippen molar-refractivity contribution in [2.24, 2.45) is 11.8 Å². The summed E-state index contributed by atoms with van der Waals surface area (Å²) >= 11 is 0. The number of carboxylic acid groups (broad SMARTS) is 5. The van der Waals surface area contributed by atoms with E-state index in [4.69, 9.17) is 5.11 Å². The van der Waals surface area contributed by atoms with Crippen molar-refractivity contribution in [2.75, 3.05) is 13.1 Å². The predicted octanol–water partition coefficient (Wildman–Crippen LogP) is 1.33. The molecule has 100 heavy (non-hydrogen) atoms. The van der Waals surface area contributed by atoms with E-state index in [1.165, 1.54) is 20.8 Å². The number of rotatable bonds is 41. The van der Waals surface area contributed by atoms with Gasteiger partial charge in [-0.2, -0.15) is 0 Å². The lowest BCUT2D eigenvalue weighted by molar-refractivity contribution is -0.141. The molecule has 0 unspecified atom stereocenters. The number of hydrogen-bond donors (Lipinski definition) is 16. The van der Waals surface area contributed by atoms with Gasteiger partial charge in [0.25, 0.3) is 0 Å². The van der Waals surface area contributed by atoms with E-state index in [0.29, 0.717) is 31.2 Å². The molecule has 0 radical (unpaired) electrons. The van der Waals surface area contributed by atoms with Crippen molar-refractivity contribution >= 4 is 99.8 Å². The van der Waals surface area contributed by atoms with Gasteiger partial charge in [0.15, 0.2) is 0 Å². The van der Waals surface area contributed by atoms with Gasteiger partial charge in [-0.05, 0) is 111 Å². The molecule has 0 aliphatic heterocycles. The molecular formula is C69H89N11O20. The molecule has 11 amide bonds. The molecule has 1 saturated carbocycles. The zero-order valence-corrected chi connectivity index (χ0v) is 55.8. The first kappa shape index (κ1) is 79.7. The van der Waals surface area contributed by atoms with Gasteiger partial charge in [0.1, 0.15) is 54.4 Å². The zero-order valence-electron chi connectivity index (χ0n) is 55.8. The number of carbonyl (C=O) groups excluding carboxylic acids is 10. The Kier molecular flexibility index (Phi) is 32.4. The van der Waals surface area contributed by atoms with Gasteiger partial charge in [-0.15, -0.1) is 0 Å². The normalized spacial score (nSPS) is 16.0. The van der Waals surface area contributed by atoms with Crippen LogP contribution in [0, 0.1) is 11.8 Å². The summed E-state index contributed by atoms with van der Waals surface area (Å²) in [4.78, 5) is 193. The van der Waals surface area contributed by atoms with E-state index < -0.39 is 188 Å². The van der Waals surface area contributed by atoms with Crippen LogP contribution in [0.4, 0.5) is 4.79 Å². The third-order valence-corrected chi connectivity index (χ3v) is 16.7. The summed E-state index contributed by atoms with van der Waals surface area (Å²) in [6, 6.07) is 17.2. The van der Waals surface area contributed by atoms with Gasteiger partial charge in [-0.1, -0.05) is 103 Å². The maximum Gasteiger partial charge on any atom is 0.326 e. The second-order valence-electron chi connectivity index (χ2n) is 24.7. The van der Waals surface area contributed by atoms with Gasteiger partial charge in [0, 0.05) is 64.5 Å². The fraction of sp³-hybridized carbons (Fsp3) is 0.464. The summed E-state index contributed by atoms with van der Waals surface area (Å²) < 4.78 is 0. The monoisotopic (exact) mass is 1390 g/mol. The molecular weight excluding hydrogens is 1300 g/mol. The van der Waals surface area contributed by atoms with Crippen LogP contribution in [0.5, 0.6) is 0 Å². The third-order valence-electron chi connectivity index (χ3n) is 16.7. The summed E-state index contributed by atoms with van der Waals surface area (Å²) in [6.07, 6.45) is -1.28. The molecule has 9 atom stereocenters. The summed E-state index contributed by atoms with van der Waals surface area (Å²) in [7, 11) is 0. The molecule has 0 aromatic heterocycles. The number of hydrogen-bond acceptors (Lipinski definition) is 15. The summed E-state index contributed by atoms with van der Waals surface area (Å²) in [5.74, 6) is -14.3. The van der Waals surface area contributed by atoms with Gasteiger partial charge in [0.05, 0.1) is 0 Å². The lowest BCUT2D eigenvalue weighted by Crippen LogP contribution is -2.59. The van der Waals surface area contributed by atoms with Crippen LogP contribution in [-0.4, -0.2) is 182 Å². The lowest BCUT2D eigenvalue weighted by atomic mass is 9.81. The van der Waals surface area contributed by atoms with Crippen LogP contribution in [0.25, 0.3) is 10.8 Å². The van der Waals surface area contributed by atoms with Crippen molar-refractivity contribution in [1.82, 2.24) is 58.5 Å². The Labute approximate surface area is 576 Å². The number of carboxylic acids is 5. The quantitative estimate of drug-likeness (QED) is 0.0279. The Morgan fingerprint density at radius 2 is 0.810 bits per heavy atom. The minimum atomic E-state index is -1.63. The van der Waals surface area contributed by atoms with Crippen LogP contribution in [0.2, 0.25) is 0 Å². The Hall–Kier alpha value is -11.0. The van der Waals surface area contributed by atoms with E-state index in [1.807, 2.05) is 42.5 Å². The highest BCUT2D eigenvalue weighted by Gasteiger charge is 2.35. The molecule has 0 heterocycles. The second-order valence-corrected chi connectivity index (χ2v) is 24.7. The van der Waals surface area contributed by atoms with E-state index in [2.05, 4.69) is 58.5 Å². The molecule has 540 valence electrons. The topological polar surface area (TPSA) is 490 Å². The van der Waals surface area contributed by atoms with Crippen LogP contribution in [0.3, 0.4) is 0 Å². The maximum atomic E-state index is 14.0. The van der Waals surface area contributed by atoms with E-state index in [1.54, 1.807) is 60.7 Å². The first-order valence-corrected chi connectivity index (χ1v) is 32.9. The minimum Gasteiger partial charge on any atom is -0.481 e. The first-order chi connectivity index (χ1) is 47.5. The van der Waals surface area contributed by atoms with Crippen molar-refractivity contribution in [3.05, 3.63) is 120 Å². The first-order valence-electron chi connectivity index (χ1n) is 32.9. The molecule has 16 N–H and O–H groups in total. The van der Waals surface area contributed by atoms with Gasteiger partial charge < -0.3 is 84.0 Å². The number of fused-ring (bicyclic) bond motifs is 1. The molecule has 1 aliphatic rings. The second kappa shape index (κ2) is 40.6. The van der Waals surface area contributed by atoms with E-state index in [9.17, 15) is 92.3 Å². The number of carbonyl (C=O) groups is 15. The molecule has 5 rings (SSSR count). The number of nitrogens with one attached hydrogen (secondary N) is 11. The number of aliphatic carboxylic acids is 5. The number of unbranched alkanes of at least 4 members (excludes halogenated alkanes) is 1. The van der Waals surface area contributed by atoms with Crippen molar-refractivity contribution in [1.29, 1.82) is 0 Å². The standard InChI is InChI=1S/C69H89N11O20/c1-39(73-65(94)55(36-43-16-8-5-9-17-43)78-66(95)54(74-41(3)81)35-42-14-6-4-7-15-42)59(88)72-40(2)60(89)75-50(28-31-57(84)85)64(93)76-49(27-30-56(82)83)62(91)71-38-44-21-25-47(26-22-44)61(90)77-53(37-45-23-24-46-18-10-11-19-48(46)34-45)63(92)70-33-13-12-20-51(67(96)97)79-69(100)80-52(68(98)99)29-32-58(86)87/h4-11,14-19,23-24,34,39-40,44,47,49-55H,12-13,20-22,25-33,35-38H2,1-3H3,(H,70,92)(H,71,91)(H,72,88)(H,73,94)(H,74,81)(H,75,89)(H,76,93)(H,77,90)(H,78,95)(H,82,83)(H,84,85)(H,86,87)(H,96,97)(H,98,99)(H2,79,80,100)/t39-,40-,44?,47?,49-,50-,51-,52-,53-,54-,55-/m0/s1. The molecule has 4 aromatic carbocycles. The van der Waals surface area contributed by atoms with Gasteiger partial charge >= 0.3 is 35.9 Å².